The van der Waals surface area contributed by atoms with Crippen LogP contribution in [0.15, 0.2) is 29.2 Å². The number of aromatic amines is 1. The fourth-order valence-corrected chi connectivity index (χ4v) is 2.51. The average molecular weight is 347 g/mol. The molecule has 0 saturated heterocycles. The van der Waals surface area contributed by atoms with Gasteiger partial charge in [0.25, 0.3) is 5.56 Å². The molecule has 9 heteroatoms. The van der Waals surface area contributed by atoms with Gasteiger partial charge in [0.2, 0.25) is 0 Å². The Morgan fingerprint density at radius 1 is 1.36 bits per heavy atom. The lowest BCUT2D eigenvalue weighted by Crippen LogP contribution is -2.08. The zero-order valence-electron chi connectivity index (χ0n) is 13.0. The third-order valence-electron chi connectivity index (χ3n) is 3.68. The van der Waals surface area contributed by atoms with Gasteiger partial charge < -0.3 is 10.3 Å². The Kier molecular flexibility index (Phi) is 4.19. The average Bonchev–Trinajstić information content (AvgIpc) is 2.93. The van der Waals surface area contributed by atoms with Gasteiger partial charge in [-0.05, 0) is 13.0 Å². The lowest BCUT2D eigenvalue weighted by molar-refractivity contribution is 0.448. The highest BCUT2D eigenvalue weighted by molar-refractivity contribution is 5.91. The highest BCUT2D eigenvalue weighted by Gasteiger charge is 2.18. The van der Waals surface area contributed by atoms with Crippen molar-refractivity contribution in [2.45, 2.75) is 19.4 Å². The molecule has 0 spiro atoms. The fraction of sp³-hybridized carbons (Fsp3) is 0.188. The van der Waals surface area contributed by atoms with Gasteiger partial charge in [0.1, 0.15) is 5.39 Å². The molecule has 3 aromatic rings. The van der Waals surface area contributed by atoms with Crippen molar-refractivity contribution in [3.05, 3.63) is 52.2 Å². The quantitative estimate of drug-likeness (QED) is 0.709. The Morgan fingerprint density at radius 2 is 2.04 bits per heavy atom. The number of hydrogen-bond acceptors (Lipinski definition) is 4. The minimum absolute atomic E-state index is 0.0482. The van der Waals surface area contributed by atoms with Crippen molar-refractivity contribution >= 4 is 22.4 Å². The minimum atomic E-state index is -1.58. The number of pyridine rings is 1. The predicted octanol–water partition coefficient (Wildman–Crippen LogP) is 3.36. The molecular formula is C16H12F3N5O. The molecule has 0 radical (unpaired) electrons. The number of rotatable bonds is 4. The van der Waals surface area contributed by atoms with E-state index >= 15 is 0 Å². The van der Waals surface area contributed by atoms with E-state index in [0.29, 0.717) is 5.52 Å². The lowest BCUT2D eigenvalue weighted by Gasteiger charge is -2.09. The van der Waals surface area contributed by atoms with Crippen LogP contribution in [0.1, 0.15) is 19.4 Å². The lowest BCUT2D eigenvalue weighted by atomic mass is 10.2. The van der Waals surface area contributed by atoms with Gasteiger partial charge in [-0.2, -0.15) is 10.4 Å². The summed E-state index contributed by atoms with van der Waals surface area (Å²) >= 11 is 0. The first-order valence-electron chi connectivity index (χ1n) is 7.30. The van der Waals surface area contributed by atoms with E-state index < -0.39 is 23.0 Å². The van der Waals surface area contributed by atoms with Crippen LogP contribution in [0, 0.1) is 28.8 Å². The number of H-pyrrole nitrogens is 1. The smallest absolute Gasteiger partial charge is 0.261 e. The van der Waals surface area contributed by atoms with E-state index in [1.165, 1.54) is 10.9 Å². The van der Waals surface area contributed by atoms with Crippen LogP contribution in [0.25, 0.3) is 10.9 Å². The van der Waals surface area contributed by atoms with Crippen molar-refractivity contribution in [1.29, 1.82) is 5.26 Å². The standard InChI is InChI=1S/C16H12F3N5O/c1-8(2-4-20)24-12-3-5-21-16(25)13(12)15(23-24)22-9-6-10(17)14(19)11(18)7-9/h3,5-8H,2H2,1H3,(H,21,25)(H,22,23)/t8-/m1/s1. The summed E-state index contributed by atoms with van der Waals surface area (Å²) in [7, 11) is 0. The molecule has 2 aromatic heterocycles. The molecule has 0 unspecified atom stereocenters. The molecule has 128 valence electrons. The molecule has 25 heavy (non-hydrogen) atoms. The summed E-state index contributed by atoms with van der Waals surface area (Å²) in [6.07, 6.45) is 1.59. The van der Waals surface area contributed by atoms with Crippen LogP contribution in [0.5, 0.6) is 0 Å². The van der Waals surface area contributed by atoms with E-state index in [2.05, 4.69) is 15.4 Å². The molecule has 2 heterocycles. The summed E-state index contributed by atoms with van der Waals surface area (Å²) in [6.45, 7) is 1.75. The Labute approximate surface area is 139 Å². The second-order valence-electron chi connectivity index (χ2n) is 5.45. The van der Waals surface area contributed by atoms with Crippen LogP contribution in [0.3, 0.4) is 0 Å². The second kappa shape index (κ2) is 6.32. The fourth-order valence-electron chi connectivity index (χ4n) is 2.51. The van der Waals surface area contributed by atoms with Crippen molar-refractivity contribution < 1.29 is 13.2 Å². The van der Waals surface area contributed by atoms with E-state index in [0.717, 1.165) is 12.1 Å². The molecular weight excluding hydrogens is 335 g/mol. The van der Waals surface area contributed by atoms with Gasteiger partial charge in [-0.25, -0.2) is 13.2 Å². The number of fused-ring (bicyclic) bond motifs is 1. The topological polar surface area (TPSA) is 86.5 Å². The van der Waals surface area contributed by atoms with Gasteiger partial charge >= 0.3 is 0 Å². The van der Waals surface area contributed by atoms with Crippen LogP contribution in [0.4, 0.5) is 24.7 Å². The molecule has 1 atom stereocenters. The first-order valence-corrected chi connectivity index (χ1v) is 7.30. The summed E-state index contributed by atoms with van der Waals surface area (Å²) in [5.41, 5.74) is -0.102. The third kappa shape index (κ3) is 2.94. The molecule has 2 N–H and O–H groups in total. The van der Waals surface area contributed by atoms with Crippen LogP contribution < -0.4 is 10.9 Å². The zero-order valence-corrected chi connectivity index (χ0v) is 13.0. The summed E-state index contributed by atoms with van der Waals surface area (Å²) in [5, 5.41) is 15.9. The van der Waals surface area contributed by atoms with Crippen molar-refractivity contribution in [1.82, 2.24) is 14.8 Å². The Bertz CT molecular complexity index is 1030. The monoisotopic (exact) mass is 347 g/mol. The normalized spacial score (nSPS) is 12.1. The van der Waals surface area contributed by atoms with Gasteiger partial charge in [0, 0.05) is 24.0 Å². The Balaban J connectivity index is 2.14. The van der Waals surface area contributed by atoms with E-state index in [-0.39, 0.29) is 29.4 Å². The predicted molar refractivity (Wildman–Crippen MR) is 84.9 cm³/mol. The van der Waals surface area contributed by atoms with Gasteiger partial charge in [-0.15, -0.1) is 0 Å². The molecule has 0 bridgehead atoms. The molecule has 0 aliphatic rings. The molecule has 0 aliphatic carbocycles. The number of hydrogen-bond donors (Lipinski definition) is 2. The maximum atomic E-state index is 13.4. The number of nitriles is 1. The van der Waals surface area contributed by atoms with E-state index in [1.54, 1.807) is 13.0 Å². The summed E-state index contributed by atoms with van der Waals surface area (Å²) in [6, 6.07) is 4.82. The highest BCUT2D eigenvalue weighted by atomic mass is 19.2. The molecule has 1 aromatic carbocycles. The maximum absolute atomic E-state index is 13.4. The largest absolute Gasteiger partial charge is 0.338 e. The van der Waals surface area contributed by atoms with E-state index in [4.69, 9.17) is 5.26 Å². The van der Waals surface area contributed by atoms with Gasteiger partial charge in [-0.3, -0.25) is 9.48 Å². The van der Waals surface area contributed by atoms with Crippen molar-refractivity contribution in [3.63, 3.8) is 0 Å². The Hall–Kier alpha value is -3.28. The van der Waals surface area contributed by atoms with Gasteiger partial charge in [0.05, 0.1) is 24.0 Å². The Morgan fingerprint density at radius 3 is 2.68 bits per heavy atom. The molecule has 6 nitrogen and oxygen atoms in total. The van der Waals surface area contributed by atoms with Crippen LogP contribution >= 0.6 is 0 Å². The van der Waals surface area contributed by atoms with Gasteiger partial charge in [-0.1, -0.05) is 0 Å². The van der Waals surface area contributed by atoms with E-state index in [1.807, 2.05) is 6.07 Å². The SMILES string of the molecule is C[C@H](CC#N)n1nc(Nc2cc(F)c(F)c(F)c2)c2c(=O)[nH]ccc21. The highest BCUT2D eigenvalue weighted by Crippen LogP contribution is 2.27. The van der Waals surface area contributed by atoms with Crippen LogP contribution in [-0.2, 0) is 0 Å². The van der Waals surface area contributed by atoms with Gasteiger partial charge in [0.15, 0.2) is 23.3 Å². The third-order valence-corrected chi connectivity index (χ3v) is 3.68. The number of aromatic nitrogens is 3. The minimum Gasteiger partial charge on any atom is -0.338 e. The van der Waals surface area contributed by atoms with Crippen molar-refractivity contribution in [2.75, 3.05) is 5.32 Å². The van der Waals surface area contributed by atoms with Crippen LogP contribution in [-0.4, -0.2) is 14.8 Å². The summed E-state index contributed by atoms with van der Waals surface area (Å²) < 4.78 is 41.3. The second-order valence-corrected chi connectivity index (χ2v) is 5.45. The zero-order chi connectivity index (χ0) is 18.1. The maximum Gasteiger partial charge on any atom is 0.261 e. The first-order chi connectivity index (χ1) is 11.9. The summed E-state index contributed by atoms with van der Waals surface area (Å²) in [4.78, 5) is 14.6. The number of nitrogens with zero attached hydrogens (tertiary/aromatic N) is 3. The number of benzene rings is 1. The molecule has 0 fully saturated rings. The number of anilines is 2. The first kappa shape index (κ1) is 16.6. The number of halogens is 3. The van der Waals surface area contributed by atoms with Crippen molar-refractivity contribution in [3.8, 4) is 6.07 Å². The van der Waals surface area contributed by atoms with E-state index in [9.17, 15) is 18.0 Å². The van der Waals surface area contributed by atoms with Crippen LogP contribution in [0.2, 0.25) is 0 Å². The molecule has 3 rings (SSSR count). The number of nitrogens with one attached hydrogen (secondary N) is 2. The molecule has 0 saturated carbocycles. The molecule has 0 aliphatic heterocycles. The summed E-state index contributed by atoms with van der Waals surface area (Å²) in [5.74, 6) is -4.26. The molecule has 0 amide bonds. The van der Waals surface area contributed by atoms with Crippen molar-refractivity contribution in [2.24, 2.45) is 0 Å².